The number of carbonyl (C=O) groups is 1. The molecular weight excluding hydrogens is 312 g/mol. The lowest BCUT2D eigenvalue weighted by Crippen LogP contribution is -2.39. The van der Waals surface area contributed by atoms with E-state index in [0.717, 1.165) is 29.8 Å². The Labute approximate surface area is 149 Å². The van der Waals surface area contributed by atoms with Gasteiger partial charge in [0.1, 0.15) is 5.75 Å². The second kappa shape index (κ2) is 10.0. The molecule has 0 radical (unpaired) electrons. The molecule has 0 heterocycles. The van der Waals surface area contributed by atoms with Gasteiger partial charge >= 0.3 is 0 Å². The van der Waals surface area contributed by atoms with Crippen LogP contribution in [0.15, 0.2) is 54.6 Å². The van der Waals surface area contributed by atoms with E-state index < -0.39 is 6.04 Å². The third-order valence-electron chi connectivity index (χ3n) is 3.63. The molecule has 2 aromatic rings. The zero-order chi connectivity index (χ0) is 17.9. The molecule has 0 fully saturated rings. The standard InChI is InChI=1S/C21H24N2O2/c1-3-4-16-22-21(24)20(15-10-17-8-6-5-7-9-17)23-18-11-13-19(25-2)14-12-18/h5-9,11-14,20,23H,3-4,16H2,1-2H3,(H,22,24). The van der Waals surface area contributed by atoms with Crippen molar-refractivity contribution in [2.45, 2.75) is 25.8 Å². The molecule has 2 N–H and O–H groups in total. The van der Waals surface area contributed by atoms with Gasteiger partial charge in [-0.25, -0.2) is 0 Å². The first-order chi connectivity index (χ1) is 12.2. The van der Waals surface area contributed by atoms with E-state index in [2.05, 4.69) is 29.4 Å². The van der Waals surface area contributed by atoms with E-state index >= 15 is 0 Å². The summed E-state index contributed by atoms with van der Waals surface area (Å²) in [6, 6.07) is 16.5. The first-order valence-corrected chi connectivity index (χ1v) is 8.48. The molecule has 1 amide bonds. The SMILES string of the molecule is CCCCNC(=O)C(C#Cc1ccccc1)Nc1ccc(OC)cc1. The van der Waals surface area contributed by atoms with E-state index in [4.69, 9.17) is 4.74 Å². The van der Waals surface area contributed by atoms with Crippen molar-refractivity contribution in [1.29, 1.82) is 0 Å². The van der Waals surface area contributed by atoms with Crippen LogP contribution in [-0.2, 0) is 4.79 Å². The van der Waals surface area contributed by atoms with Gasteiger partial charge in [0.25, 0.3) is 5.91 Å². The minimum atomic E-state index is -0.620. The van der Waals surface area contributed by atoms with Gasteiger partial charge in [0.15, 0.2) is 6.04 Å². The third-order valence-corrected chi connectivity index (χ3v) is 3.63. The Kier molecular flexibility index (Phi) is 7.40. The number of anilines is 1. The van der Waals surface area contributed by atoms with Gasteiger partial charge in [0.2, 0.25) is 0 Å². The van der Waals surface area contributed by atoms with Crippen LogP contribution in [0.4, 0.5) is 5.69 Å². The van der Waals surface area contributed by atoms with Crippen LogP contribution < -0.4 is 15.4 Å². The van der Waals surface area contributed by atoms with E-state index in [1.165, 1.54) is 0 Å². The van der Waals surface area contributed by atoms with Crippen molar-refractivity contribution < 1.29 is 9.53 Å². The predicted molar refractivity (Wildman–Crippen MR) is 102 cm³/mol. The number of ether oxygens (including phenoxy) is 1. The minimum Gasteiger partial charge on any atom is -0.497 e. The van der Waals surface area contributed by atoms with Crippen molar-refractivity contribution >= 4 is 11.6 Å². The number of amides is 1. The summed E-state index contributed by atoms with van der Waals surface area (Å²) in [5, 5.41) is 6.12. The smallest absolute Gasteiger partial charge is 0.255 e. The zero-order valence-corrected chi connectivity index (χ0v) is 14.7. The molecule has 0 aliphatic rings. The van der Waals surface area contributed by atoms with Gasteiger partial charge in [0, 0.05) is 17.8 Å². The summed E-state index contributed by atoms with van der Waals surface area (Å²) in [4.78, 5) is 12.5. The summed E-state index contributed by atoms with van der Waals surface area (Å²) in [5.41, 5.74) is 1.70. The van der Waals surface area contributed by atoms with Crippen LogP contribution in [0.3, 0.4) is 0 Å². The fourth-order valence-corrected chi connectivity index (χ4v) is 2.19. The third kappa shape index (κ3) is 6.23. The number of carbonyl (C=O) groups excluding carboxylic acids is 1. The Morgan fingerprint density at radius 2 is 1.84 bits per heavy atom. The van der Waals surface area contributed by atoms with Gasteiger partial charge in [-0.2, -0.15) is 0 Å². The van der Waals surface area contributed by atoms with Gasteiger partial charge in [-0.05, 0) is 42.8 Å². The van der Waals surface area contributed by atoms with Gasteiger partial charge in [-0.1, -0.05) is 43.4 Å². The predicted octanol–water partition coefficient (Wildman–Crippen LogP) is 3.44. The second-order valence-corrected chi connectivity index (χ2v) is 5.59. The molecule has 0 aromatic heterocycles. The molecule has 25 heavy (non-hydrogen) atoms. The summed E-state index contributed by atoms with van der Waals surface area (Å²) < 4.78 is 5.16. The van der Waals surface area contributed by atoms with Crippen molar-refractivity contribution in [2.75, 3.05) is 19.0 Å². The number of nitrogens with one attached hydrogen (secondary N) is 2. The lowest BCUT2D eigenvalue weighted by Gasteiger charge is -2.15. The van der Waals surface area contributed by atoms with Crippen molar-refractivity contribution in [3.05, 3.63) is 60.2 Å². The molecule has 1 unspecified atom stereocenters. The molecular formula is C21H24N2O2. The molecule has 2 rings (SSSR count). The Bertz CT molecular complexity index is 715. The van der Waals surface area contributed by atoms with Crippen LogP contribution in [-0.4, -0.2) is 25.6 Å². The van der Waals surface area contributed by atoms with Crippen LogP contribution in [0, 0.1) is 11.8 Å². The maximum atomic E-state index is 12.5. The van der Waals surface area contributed by atoms with Crippen molar-refractivity contribution in [3.63, 3.8) is 0 Å². The number of unbranched alkanes of at least 4 members (excludes halogenated alkanes) is 1. The molecule has 0 aliphatic heterocycles. The summed E-state index contributed by atoms with van der Waals surface area (Å²) in [5.74, 6) is 6.75. The highest BCUT2D eigenvalue weighted by Crippen LogP contribution is 2.15. The molecule has 2 aromatic carbocycles. The normalized spacial score (nSPS) is 11.0. The van der Waals surface area contributed by atoms with Crippen LogP contribution >= 0.6 is 0 Å². The highest BCUT2D eigenvalue weighted by atomic mass is 16.5. The maximum absolute atomic E-state index is 12.5. The average molecular weight is 336 g/mol. The fourth-order valence-electron chi connectivity index (χ4n) is 2.19. The van der Waals surface area contributed by atoms with Gasteiger partial charge < -0.3 is 15.4 Å². The quantitative estimate of drug-likeness (QED) is 0.601. The lowest BCUT2D eigenvalue weighted by molar-refractivity contribution is -0.120. The number of hydrogen-bond acceptors (Lipinski definition) is 3. The molecule has 0 saturated heterocycles. The largest absolute Gasteiger partial charge is 0.497 e. The second-order valence-electron chi connectivity index (χ2n) is 5.59. The van der Waals surface area contributed by atoms with E-state index in [9.17, 15) is 4.79 Å². The highest BCUT2D eigenvalue weighted by molar-refractivity contribution is 5.88. The van der Waals surface area contributed by atoms with Crippen LogP contribution in [0.5, 0.6) is 5.75 Å². The molecule has 4 heteroatoms. The Hall–Kier alpha value is -2.93. The fraction of sp³-hybridized carbons (Fsp3) is 0.286. The highest BCUT2D eigenvalue weighted by Gasteiger charge is 2.15. The van der Waals surface area contributed by atoms with Crippen molar-refractivity contribution in [3.8, 4) is 17.6 Å². The lowest BCUT2D eigenvalue weighted by atomic mass is 10.2. The number of benzene rings is 2. The monoisotopic (exact) mass is 336 g/mol. The number of methoxy groups -OCH3 is 1. The minimum absolute atomic E-state index is 0.118. The Morgan fingerprint density at radius 1 is 1.12 bits per heavy atom. The van der Waals surface area contributed by atoms with Crippen molar-refractivity contribution in [2.24, 2.45) is 0 Å². The summed E-state index contributed by atoms with van der Waals surface area (Å²) in [6.07, 6.45) is 1.99. The molecule has 0 bridgehead atoms. The average Bonchev–Trinajstić information content (AvgIpc) is 2.66. The van der Waals surface area contributed by atoms with Crippen LogP contribution in [0.2, 0.25) is 0 Å². The number of rotatable bonds is 7. The maximum Gasteiger partial charge on any atom is 0.255 e. The van der Waals surface area contributed by atoms with Crippen molar-refractivity contribution in [1.82, 2.24) is 5.32 Å². The molecule has 4 nitrogen and oxygen atoms in total. The molecule has 0 spiro atoms. The summed E-state index contributed by atoms with van der Waals surface area (Å²) in [6.45, 7) is 2.75. The van der Waals surface area contributed by atoms with Gasteiger partial charge in [-0.3, -0.25) is 4.79 Å². The first kappa shape index (κ1) is 18.4. The molecule has 0 saturated carbocycles. The zero-order valence-electron chi connectivity index (χ0n) is 14.7. The first-order valence-electron chi connectivity index (χ1n) is 8.48. The molecule has 1 atom stereocenters. The Balaban J connectivity index is 2.13. The molecule has 0 aliphatic carbocycles. The van der Waals surface area contributed by atoms with Crippen LogP contribution in [0.25, 0.3) is 0 Å². The topological polar surface area (TPSA) is 50.4 Å². The van der Waals surface area contributed by atoms with Gasteiger partial charge in [0.05, 0.1) is 7.11 Å². The van der Waals surface area contributed by atoms with Crippen LogP contribution in [0.1, 0.15) is 25.3 Å². The molecule has 130 valence electrons. The Morgan fingerprint density at radius 3 is 2.48 bits per heavy atom. The van der Waals surface area contributed by atoms with E-state index in [-0.39, 0.29) is 5.91 Å². The van der Waals surface area contributed by atoms with E-state index in [1.54, 1.807) is 7.11 Å². The summed E-state index contributed by atoms with van der Waals surface area (Å²) in [7, 11) is 1.62. The van der Waals surface area contributed by atoms with Gasteiger partial charge in [-0.15, -0.1) is 0 Å². The number of hydrogen-bond donors (Lipinski definition) is 2. The van der Waals surface area contributed by atoms with E-state index in [0.29, 0.717) is 6.54 Å². The summed E-state index contributed by atoms with van der Waals surface area (Å²) >= 11 is 0. The van der Waals surface area contributed by atoms with E-state index in [1.807, 2.05) is 54.6 Å².